The molecule has 172 valence electrons. The highest BCUT2D eigenvalue weighted by Gasteiger charge is 2.35. The number of urea groups is 1. The van der Waals surface area contributed by atoms with Gasteiger partial charge in [0.2, 0.25) is 5.82 Å². The second kappa shape index (κ2) is 10.4. The van der Waals surface area contributed by atoms with E-state index in [-0.39, 0.29) is 12.1 Å². The minimum atomic E-state index is -0.386. The van der Waals surface area contributed by atoms with E-state index in [1.807, 2.05) is 37.4 Å². The maximum absolute atomic E-state index is 13.0. The van der Waals surface area contributed by atoms with E-state index in [4.69, 9.17) is 16.1 Å². The van der Waals surface area contributed by atoms with Gasteiger partial charge in [-0.15, -0.1) is 11.8 Å². The molecule has 2 heterocycles. The molecule has 0 bridgehead atoms. The topological polar surface area (TPSA) is 71.3 Å². The van der Waals surface area contributed by atoms with Crippen LogP contribution in [0.3, 0.4) is 0 Å². The molecule has 1 aliphatic rings. The number of nitrogens with one attached hydrogen (secondary N) is 1. The zero-order valence-electron chi connectivity index (χ0n) is 19.0. The van der Waals surface area contributed by atoms with Crippen molar-refractivity contribution in [3.8, 4) is 11.4 Å². The van der Waals surface area contributed by atoms with Gasteiger partial charge in [-0.25, -0.2) is 4.79 Å². The van der Waals surface area contributed by atoms with Crippen molar-refractivity contribution in [1.82, 2.24) is 20.4 Å². The molecular weight excluding hydrogens is 456 g/mol. The second-order valence-corrected chi connectivity index (χ2v) is 9.26. The fourth-order valence-electron chi connectivity index (χ4n) is 3.97. The van der Waals surface area contributed by atoms with E-state index in [0.717, 1.165) is 46.6 Å². The first kappa shape index (κ1) is 23.4. The van der Waals surface area contributed by atoms with Crippen LogP contribution in [-0.4, -0.2) is 33.9 Å². The predicted octanol–water partition coefficient (Wildman–Crippen LogP) is 6.80. The standard InChI is InChI=1S/C25H27ClN4O2S/c1-4-5-6-14-30-16(2)21(22(27-25(30)31)17-10-12-20(33-3)13-11-17)24-28-23(29-32-24)18-8-7-9-19(26)15-18/h7-13,15,22H,4-6,14H2,1-3H3,(H,27,31). The number of benzene rings is 2. The average molecular weight is 483 g/mol. The molecule has 8 heteroatoms. The third-order valence-electron chi connectivity index (χ3n) is 5.77. The zero-order chi connectivity index (χ0) is 23.4. The molecule has 0 saturated heterocycles. The molecule has 0 radical (unpaired) electrons. The van der Waals surface area contributed by atoms with Gasteiger partial charge in [-0.05, 0) is 49.4 Å². The normalized spacial score (nSPS) is 16.3. The number of amides is 2. The van der Waals surface area contributed by atoms with E-state index >= 15 is 0 Å². The van der Waals surface area contributed by atoms with E-state index in [0.29, 0.717) is 23.3 Å². The number of carbonyl (C=O) groups excluding carboxylic acids is 1. The number of allylic oxidation sites excluding steroid dienone is 1. The smallest absolute Gasteiger partial charge is 0.322 e. The average Bonchev–Trinajstić information content (AvgIpc) is 3.31. The van der Waals surface area contributed by atoms with Crippen molar-refractivity contribution in [2.45, 2.75) is 44.0 Å². The summed E-state index contributed by atoms with van der Waals surface area (Å²) in [6.07, 6.45) is 5.11. The number of rotatable bonds is 8. The fraction of sp³-hybridized carbons (Fsp3) is 0.320. The van der Waals surface area contributed by atoms with Crippen molar-refractivity contribution in [3.63, 3.8) is 0 Å². The number of carbonyl (C=O) groups is 1. The minimum absolute atomic E-state index is 0.110. The largest absolute Gasteiger partial charge is 0.334 e. The first-order valence-electron chi connectivity index (χ1n) is 11.0. The van der Waals surface area contributed by atoms with E-state index in [1.165, 1.54) is 0 Å². The molecule has 0 aliphatic carbocycles. The molecule has 0 fully saturated rings. The fourth-order valence-corrected chi connectivity index (χ4v) is 4.57. The summed E-state index contributed by atoms with van der Waals surface area (Å²) >= 11 is 7.82. The summed E-state index contributed by atoms with van der Waals surface area (Å²) in [7, 11) is 0. The lowest BCUT2D eigenvalue weighted by molar-refractivity contribution is 0.204. The molecule has 6 nitrogen and oxygen atoms in total. The Morgan fingerprint density at radius 3 is 2.67 bits per heavy atom. The Kier molecular flexibility index (Phi) is 7.40. The summed E-state index contributed by atoms with van der Waals surface area (Å²) in [5.74, 6) is 0.848. The lowest BCUT2D eigenvalue weighted by Gasteiger charge is -2.35. The summed E-state index contributed by atoms with van der Waals surface area (Å²) < 4.78 is 5.73. The molecule has 1 unspecified atom stereocenters. The maximum atomic E-state index is 13.0. The van der Waals surface area contributed by atoms with Gasteiger partial charge in [-0.2, -0.15) is 4.98 Å². The molecule has 1 N–H and O–H groups in total. The highest BCUT2D eigenvalue weighted by molar-refractivity contribution is 7.98. The first-order valence-corrected chi connectivity index (χ1v) is 12.6. The Morgan fingerprint density at radius 1 is 1.18 bits per heavy atom. The minimum Gasteiger partial charge on any atom is -0.334 e. The molecule has 1 aliphatic heterocycles. The van der Waals surface area contributed by atoms with Gasteiger partial charge in [0.25, 0.3) is 5.89 Å². The molecule has 33 heavy (non-hydrogen) atoms. The molecule has 4 rings (SSSR count). The summed E-state index contributed by atoms with van der Waals surface area (Å²) in [6, 6.07) is 15.0. The molecule has 0 saturated carbocycles. The SMILES string of the molecule is CCCCCN1C(=O)NC(c2ccc(SC)cc2)C(c2nc(-c3cccc(Cl)c3)no2)=C1C. The van der Waals surface area contributed by atoms with Crippen molar-refractivity contribution in [2.75, 3.05) is 12.8 Å². The van der Waals surface area contributed by atoms with Crippen molar-refractivity contribution in [1.29, 1.82) is 0 Å². The van der Waals surface area contributed by atoms with E-state index < -0.39 is 0 Å². The molecule has 0 spiro atoms. The molecule has 3 aromatic rings. The Balaban J connectivity index is 1.76. The second-order valence-electron chi connectivity index (χ2n) is 7.95. The summed E-state index contributed by atoms with van der Waals surface area (Å²) in [4.78, 5) is 20.7. The third-order valence-corrected chi connectivity index (χ3v) is 6.75. The number of aromatic nitrogens is 2. The van der Waals surface area contributed by atoms with Gasteiger partial charge in [-0.1, -0.05) is 60.8 Å². The van der Waals surface area contributed by atoms with Crippen LogP contribution in [0.2, 0.25) is 5.02 Å². The van der Waals surface area contributed by atoms with Gasteiger partial charge < -0.3 is 9.84 Å². The Hall–Kier alpha value is -2.77. The van der Waals surface area contributed by atoms with E-state index in [2.05, 4.69) is 34.5 Å². The number of unbranched alkanes of at least 4 members (excludes halogenated alkanes) is 2. The van der Waals surface area contributed by atoms with Crippen LogP contribution in [0, 0.1) is 0 Å². The van der Waals surface area contributed by atoms with Gasteiger partial charge >= 0.3 is 6.03 Å². The number of halogens is 1. The highest BCUT2D eigenvalue weighted by atomic mass is 35.5. The zero-order valence-corrected chi connectivity index (χ0v) is 20.5. The predicted molar refractivity (Wildman–Crippen MR) is 133 cm³/mol. The van der Waals surface area contributed by atoms with Gasteiger partial charge in [0.05, 0.1) is 11.6 Å². The van der Waals surface area contributed by atoms with Crippen molar-refractivity contribution >= 4 is 35.0 Å². The molecule has 1 aromatic heterocycles. The Morgan fingerprint density at radius 2 is 1.97 bits per heavy atom. The lowest BCUT2D eigenvalue weighted by Crippen LogP contribution is -2.46. The Bertz CT molecular complexity index is 1160. The van der Waals surface area contributed by atoms with Crippen LogP contribution >= 0.6 is 23.4 Å². The number of hydrogen-bond acceptors (Lipinski definition) is 5. The number of hydrogen-bond donors (Lipinski definition) is 1. The van der Waals surface area contributed by atoms with Crippen molar-refractivity contribution in [3.05, 3.63) is 70.7 Å². The number of thioether (sulfide) groups is 1. The molecule has 1 atom stereocenters. The van der Waals surface area contributed by atoms with Crippen LogP contribution in [0.5, 0.6) is 0 Å². The highest BCUT2D eigenvalue weighted by Crippen LogP contribution is 2.38. The van der Waals surface area contributed by atoms with Gasteiger partial charge in [0.1, 0.15) is 0 Å². The first-order chi connectivity index (χ1) is 16.0. The van der Waals surface area contributed by atoms with Gasteiger partial charge in [0, 0.05) is 27.7 Å². The van der Waals surface area contributed by atoms with Crippen LogP contribution < -0.4 is 5.32 Å². The van der Waals surface area contributed by atoms with Crippen LogP contribution in [-0.2, 0) is 0 Å². The lowest BCUT2D eigenvalue weighted by atomic mass is 9.94. The van der Waals surface area contributed by atoms with Crippen molar-refractivity contribution in [2.24, 2.45) is 0 Å². The summed E-state index contributed by atoms with van der Waals surface area (Å²) in [5, 5.41) is 7.96. The molecule has 2 amide bonds. The van der Waals surface area contributed by atoms with Crippen LogP contribution in [0.4, 0.5) is 4.79 Å². The third kappa shape index (κ3) is 5.09. The maximum Gasteiger partial charge on any atom is 0.322 e. The monoisotopic (exact) mass is 482 g/mol. The summed E-state index contributed by atoms with van der Waals surface area (Å²) in [5.41, 5.74) is 3.38. The van der Waals surface area contributed by atoms with Crippen LogP contribution in [0.25, 0.3) is 17.0 Å². The van der Waals surface area contributed by atoms with Gasteiger partial charge in [0.15, 0.2) is 0 Å². The molecule has 2 aromatic carbocycles. The number of nitrogens with zero attached hydrogens (tertiary/aromatic N) is 3. The van der Waals surface area contributed by atoms with E-state index in [1.54, 1.807) is 28.8 Å². The van der Waals surface area contributed by atoms with Gasteiger partial charge in [-0.3, -0.25) is 4.90 Å². The Labute approximate surface area is 203 Å². The molecular formula is C25H27ClN4O2S. The summed E-state index contributed by atoms with van der Waals surface area (Å²) in [6.45, 7) is 4.74. The van der Waals surface area contributed by atoms with Crippen LogP contribution in [0.1, 0.15) is 50.6 Å². The van der Waals surface area contributed by atoms with Crippen LogP contribution in [0.15, 0.2) is 63.6 Å². The van der Waals surface area contributed by atoms with Crippen molar-refractivity contribution < 1.29 is 9.32 Å². The quantitative estimate of drug-likeness (QED) is 0.282. The van der Waals surface area contributed by atoms with E-state index in [9.17, 15) is 4.79 Å².